The van der Waals surface area contributed by atoms with E-state index in [1.807, 2.05) is 12.1 Å². The minimum atomic E-state index is 0.510. The Morgan fingerprint density at radius 3 is 2.78 bits per heavy atom. The summed E-state index contributed by atoms with van der Waals surface area (Å²) in [6.45, 7) is 7.84. The minimum Gasteiger partial charge on any atom is -0.381 e. The summed E-state index contributed by atoms with van der Waals surface area (Å²) < 4.78 is 0. The fraction of sp³-hybridized carbons (Fsp3) is 0.600. The lowest BCUT2D eigenvalue weighted by Gasteiger charge is -2.40. The van der Waals surface area contributed by atoms with Crippen LogP contribution < -0.4 is 5.32 Å². The van der Waals surface area contributed by atoms with Gasteiger partial charge in [0.2, 0.25) is 0 Å². The Labute approximate surface area is 115 Å². The summed E-state index contributed by atoms with van der Waals surface area (Å²) in [5.41, 5.74) is 2.32. The van der Waals surface area contributed by atoms with Crippen molar-refractivity contribution in [1.29, 1.82) is 0 Å². The van der Waals surface area contributed by atoms with Gasteiger partial charge in [0.25, 0.3) is 0 Å². The van der Waals surface area contributed by atoms with E-state index >= 15 is 0 Å². The molecule has 3 unspecified atom stereocenters. The Balaban J connectivity index is 2.11. The van der Waals surface area contributed by atoms with E-state index in [1.54, 1.807) is 0 Å². The zero-order valence-electron chi connectivity index (χ0n) is 11.7. The van der Waals surface area contributed by atoms with E-state index in [1.165, 1.54) is 12.0 Å². The first-order chi connectivity index (χ1) is 8.47. The molecule has 1 heterocycles. The molecule has 3 heteroatoms. The maximum Gasteiger partial charge on any atom is 0.0637 e. The largest absolute Gasteiger partial charge is 0.381 e. The van der Waals surface area contributed by atoms with E-state index in [2.05, 4.69) is 44.1 Å². The first-order valence-corrected chi connectivity index (χ1v) is 7.08. The zero-order valence-corrected chi connectivity index (χ0v) is 12.5. The molecule has 0 spiro atoms. The van der Waals surface area contributed by atoms with Gasteiger partial charge >= 0.3 is 0 Å². The molecule has 0 aliphatic carbocycles. The molecule has 0 aromatic heterocycles. The lowest BCUT2D eigenvalue weighted by Crippen LogP contribution is -2.48. The highest BCUT2D eigenvalue weighted by atomic mass is 35.5. The van der Waals surface area contributed by atoms with Gasteiger partial charge in [-0.05, 0) is 50.9 Å². The number of halogens is 1. The van der Waals surface area contributed by atoms with Crippen LogP contribution in [0.15, 0.2) is 18.2 Å². The lowest BCUT2D eigenvalue weighted by atomic mass is 9.89. The Bertz CT molecular complexity index is 419. The SMILES string of the molecule is Cc1ccc(Cl)c(NC2CC(C)N(C)CC2C)c1. The predicted octanol–water partition coefficient (Wildman–Crippen LogP) is 3.79. The molecule has 1 aliphatic heterocycles. The quantitative estimate of drug-likeness (QED) is 0.876. The van der Waals surface area contributed by atoms with Crippen molar-refractivity contribution in [2.24, 2.45) is 5.92 Å². The number of anilines is 1. The number of nitrogens with one attached hydrogen (secondary N) is 1. The third-order valence-corrected chi connectivity index (χ3v) is 4.40. The highest BCUT2D eigenvalue weighted by Gasteiger charge is 2.28. The first kappa shape index (κ1) is 13.7. The summed E-state index contributed by atoms with van der Waals surface area (Å²) in [5, 5.41) is 4.45. The second kappa shape index (κ2) is 5.50. The average molecular weight is 267 g/mol. The van der Waals surface area contributed by atoms with Crippen molar-refractivity contribution in [2.75, 3.05) is 18.9 Å². The van der Waals surface area contributed by atoms with E-state index in [0.717, 1.165) is 17.3 Å². The van der Waals surface area contributed by atoms with E-state index in [4.69, 9.17) is 11.6 Å². The van der Waals surface area contributed by atoms with Gasteiger partial charge in [-0.25, -0.2) is 0 Å². The van der Waals surface area contributed by atoms with Gasteiger partial charge in [0.15, 0.2) is 0 Å². The number of nitrogens with zero attached hydrogens (tertiary/aromatic N) is 1. The molecule has 2 nitrogen and oxygen atoms in total. The van der Waals surface area contributed by atoms with Crippen molar-refractivity contribution >= 4 is 17.3 Å². The molecular weight excluding hydrogens is 244 g/mol. The van der Waals surface area contributed by atoms with Crippen LogP contribution in [0.5, 0.6) is 0 Å². The van der Waals surface area contributed by atoms with Crippen molar-refractivity contribution in [1.82, 2.24) is 4.90 Å². The van der Waals surface area contributed by atoms with Crippen LogP contribution in [0.4, 0.5) is 5.69 Å². The number of benzene rings is 1. The van der Waals surface area contributed by atoms with Crippen LogP contribution in [-0.2, 0) is 0 Å². The van der Waals surface area contributed by atoms with Crippen molar-refractivity contribution in [3.05, 3.63) is 28.8 Å². The van der Waals surface area contributed by atoms with Crippen LogP contribution in [-0.4, -0.2) is 30.6 Å². The maximum atomic E-state index is 6.26. The molecule has 2 rings (SSSR count). The number of rotatable bonds is 2. The number of aryl methyl sites for hydroxylation is 1. The smallest absolute Gasteiger partial charge is 0.0637 e. The Hall–Kier alpha value is -0.730. The highest BCUT2D eigenvalue weighted by Crippen LogP contribution is 2.28. The topological polar surface area (TPSA) is 15.3 Å². The standard InChI is InChI=1S/C15H23ClN2/c1-10-5-6-13(16)15(7-10)17-14-8-12(3)18(4)9-11(14)2/h5-7,11-12,14,17H,8-9H2,1-4H3. The van der Waals surface area contributed by atoms with Crippen LogP contribution in [0.25, 0.3) is 0 Å². The van der Waals surface area contributed by atoms with Crippen molar-refractivity contribution in [3.8, 4) is 0 Å². The first-order valence-electron chi connectivity index (χ1n) is 6.70. The van der Waals surface area contributed by atoms with Gasteiger partial charge in [-0.3, -0.25) is 0 Å². The third kappa shape index (κ3) is 2.99. The molecule has 1 aliphatic rings. The Morgan fingerprint density at radius 1 is 1.33 bits per heavy atom. The van der Waals surface area contributed by atoms with Crippen molar-refractivity contribution in [2.45, 2.75) is 39.3 Å². The molecule has 0 bridgehead atoms. The van der Waals surface area contributed by atoms with Crippen LogP contribution in [0.2, 0.25) is 5.02 Å². The molecule has 1 fully saturated rings. The van der Waals surface area contributed by atoms with Crippen LogP contribution >= 0.6 is 11.6 Å². The van der Waals surface area contributed by atoms with Crippen LogP contribution in [0.3, 0.4) is 0 Å². The lowest BCUT2D eigenvalue weighted by molar-refractivity contribution is 0.145. The van der Waals surface area contributed by atoms with Crippen LogP contribution in [0.1, 0.15) is 25.8 Å². The van der Waals surface area contributed by atoms with E-state index in [0.29, 0.717) is 18.0 Å². The molecule has 0 saturated carbocycles. The fourth-order valence-electron chi connectivity index (χ4n) is 2.69. The molecule has 0 radical (unpaired) electrons. The van der Waals surface area contributed by atoms with Gasteiger partial charge < -0.3 is 10.2 Å². The second-order valence-electron chi connectivity index (χ2n) is 5.74. The maximum absolute atomic E-state index is 6.26. The summed E-state index contributed by atoms with van der Waals surface area (Å²) in [6, 6.07) is 7.30. The summed E-state index contributed by atoms with van der Waals surface area (Å²) in [6.07, 6.45) is 1.17. The molecule has 1 aromatic rings. The Morgan fingerprint density at radius 2 is 2.06 bits per heavy atom. The molecule has 1 N–H and O–H groups in total. The monoisotopic (exact) mass is 266 g/mol. The van der Waals surface area contributed by atoms with Gasteiger partial charge in [0, 0.05) is 18.6 Å². The minimum absolute atomic E-state index is 0.510. The van der Waals surface area contributed by atoms with Crippen LogP contribution in [0, 0.1) is 12.8 Å². The molecule has 18 heavy (non-hydrogen) atoms. The number of hydrogen-bond acceptors (Lipinski definition) is 2. The molecule has 1 aromatic carbocycles. The van der Waals surface area contributed by atoms with Gasteiger partial charge in [0.1, 0.15) is 0 Å². The number of hydrogen-bond donors (Lipinski definition) is 1. The fourth-order valence-corrected chi connectivity index (χ4v) is 2.86. The van der Waals surface area contributed by atoms with Gasteiger partial charge in [-0.2, -0.15) is 0 Å². The summed E-state index contributed by atoms with van der Waals surface area (Å²) in [5.74, 6) is 0.641. The molecule has 0 amide bonds. The van der Waals surface area contributed by atoms with Gasteiger partial charge in [0.05, 0.1) is 10.7 Å². The van der Waals surface area contributed by atoms with Gasteiger partial charge in [-0.1, -0.05) is 24.6 Å². The normalized spacial score (nSPS) is 29.3. The van der Waals surface area contributed by atoms with Gasteiger partial charge in [-0.15, -0.1) is 0 Å². The third-order valence-electron chi connectivity index (χ3n) is 4.07. The van der Waals surface area contributed by atoms with Crippen molar-refractivity contribution in [3.63, 3.8) is 0 Å². The molecule has 100 valence electrons. The average Bonchev–Trinajstić information content (AvgIpc) is 2.30. The molecule has 1 saturated heterocycles. The predicted molar refractivity (Wildman–Crippen MR) is 79.5 cm³/mol. The van der Waals surface area contributed by atoms with E-state index in [-0.39, 0.29) is 0 Å². The Kier molecular flexibility index (Phi) is 4.18. The highest BCUT2D eigenvalue weighted by molar-refractivity contribution is 6.33. The van der Waals surface area contributed by atoms with Crippen molar-refractivity contribution < 1.29 is 0 Å². The number of likely N-dealkylation sites (tertiary alicyclic amines) is 1. The summed E-state index contributed by atoms with van der Waals surface area (Å²) in [4.78, 5) is 2.43. The second-order valence-corrected chi connectivity index (χ2v) is 6.14. The molecular formula is C15H23ClN2. The zero-order chi connectivity index (χ0) is 13.3. The molecule has 3 atom stereocenters. The summed E-state index contributed by atoms with van der Waals surface area (Å²) in [7, 11) is 2.21. The van der Waals surface area contributed by atoms with E-state index < -0.39 is 0 Å². The number of piperidine rings is 1. The summed E-state index contributed by atoms with van der Waals surface area (Å²) >= 11 is 6.26. The van der Waals surface area contributed by atoms with E-state index in [9.17, 15) is 0 Å².